The molecular formula is C9H13N3O2. The first-order valence-electron chi connectivity index (χ1n) is 4.73. The molecule has 1 saturated heterocycles. The maximum absolute atomic E-state index is 11.1. The predicted molar refractivity (Wildman–Crippen MR) is 51.5 cm³/mol. The Balaban J connectivity index is 2.32. The number of primary amides is 1. The fraction of sp³-hybridized carbons (Fsp3) is 0.556. The summed E-state index contributed by atoms with van der Waals surface area (Å²) in [5.41, 5.74) is 5.46. The fourth-order valence-electron chi connectivity index (χ4n) is 1.61. The highest BCUT2D eigenvalue weighted by atomic mass is 16.5. The van der Waals surface area contributed by atoms with Crippen molar-refractivity contribution >= 4 is 12.1 Å². The number of hydrogen-bond acceptors (Lipinski definition) is 4. The second-order valence-electron chi connectivity index (χ2n) is 3.33. The van der Waals surface area contributed by atoms with Crippen LogP contribution in [0.15, 0.2) is 16.6 Å². The van der Waals surface area contributed by atoms with Crippen LogP contribution in [-0.4, -0.2) is 36.7 Å². The Morgan fingerprint density at radius 3 is 3.21 bits per heavy atom. The van der Waals surface area contributed by atoms with Crippen LogP contribution in [0.25, 0.3) is 0 Å². The van der Waals surface area contributed by atoms with E-state index in [1.165, 1.54) is 0 Å². The molecule has 0 atom stereocenters. The quantitative estimate of drug-likeness (QED) is 0.632. The first-order chi connectivity index (χ1) is 6.79. The summed E-state index contributed by atoms with van der Waals surface area (Å²) < 4.78 is 5.47. The first-order valence-corrected chi connectivity index (χ1v) is 4.73. The largest absolute Gasteiger partial charge is 0.477 e. The Labute approximate surface area is 82.2 Å². The molecule has 0 spiro atoms. The standard InChI is InChI=1S/C9H13N3O2/c10-8(13)7-9-12(5-3-11-7)4-1-2-6-14-9/h3H,1-2,4-6H2,(H2,10,13). The smallest absolute Gasteiger partial charge is 0.272 e. The molecule has 2 N–H and O–H groups in total. The van der Waals surface area contributed by atoms with E-state index in [1.807, 2.05) is 4.90 Å². The molecule has 5 heteroatoms. The number of carbonyl (C=O) groups excluding carboxylic acids is 1. The van der Waals surface area contributed by atoms with Gasteiger partial charge in [0.25, 0.3) is 5.91 Å². The second kappa shape index (κ2) is 3.69. The molecule has 0 aromatic carbocycles. The predicted octanol–water partition coefficient (Wildman–Crippen LogP) is -0.162. The molecule has 0 aromatic heterocycles. The van der Waals surface area contributed by atoms with Gasteiger partial charge in [-0.1, -0.05) is 0 Å². The van der Waals surface area contributed by atoms with Crippen LogP contribution in [0.5, 0.6) is 0 Å². The lowest BCUT2D eigenvalue weighted by Gasteiger charge is -2.26. The number of aliphatic imine (C=N–C) groups is 1. The lowest BCUT2D eigenvalue weighted by Crippen LogP contribution is -2.32. The zero-order valence-electron chi connectivity index (χ0n) is 7.90. The first kappa shape index (κ1) is 9.05. The molecule has 0 radical (unpaired) electrons. The van der Waals surface area contributed by atoms with Gasteiger partial charge in [-0.3, -0.25) is 4.79 Å². The summed E-state index contributed by atoms with van der Waals surface area (Å²) in [7, 11) is 0. The van der Waals surface area contributed by atoms with Crippen molar-refractivity contribution in [2.75, 3.05) is 19.7 Å². The molecule has 0 saturated carbocycles. The molecule has 2 aliphatic heterocycles. The van der Waals surface area contributed by atoms with Crippen LogP contribution in [0, 0.1) is 0 Å². The summed E-state index contributed by atoms with van der Waals surface area (Å²) in [6.45, 7) is 2.24. The number of amides is 1. The number of fused-ring (bicyclic) bond motifs is 1. The number of hydrogen-bond donors (Lipinski definition) is 1. The molecule has 2 rings (SSSR count). The second-order valence-corrected chi connectivity index (χ2v) is 3.33. The van der Waals surface area contributed by atoms with E-state index in [9.17, 15) is 4.79 Å². The summed E-state index contributed by atoms with van der Waals surface area (Å²) >= 11 is 0. The van der Waals surface area contributed by atoms with Gasteiger partial charge in [-0.05, 0) is 12.8 Å². The van der Waals surface area contributed by atoms with Crippen molar-refractivity contribution in [3.63, 3.8) is 0 Å². The maximum Gasteiger partial charge on any atom is 0.272 e. The molecule has 0 unspecified atom stereocenters. The minimum absolute atomic E-state index is 0.248. The number of nitrogens with two attached hydrogens (primary N) is 1. The van der Waals surface area contributed by atoms with Crippen molar-refractivity contribution in [1.29, 1.82) is 0 Å². The van der Waals surface area contributed by atoms with Gasteiger partial charge in [0, 0.05) is 12.8 Å². The van der Waals surface area contributed by atoms with E-state index >= 15 is 0 Å². The van der Waals surface area contributed by atoms with Crippen molar-refractivity contribution in [3.05, 3.63) is 11.6 Å². The molecule has 1 amide bonds. The van der Waals surface area contributed by atoms with Crippen LogP contribution >= 0.6 is 0 Å². The topological polar surface area (TPSA) is 67.9 Å². The highest BCUT2D eigenvalue weighted by molar-refractivity contribution is 5.94. The molecule has 76 valence electrons. The number of rotatable bonds is 1. The van der Waals surface area contributed by atoms with E-state index in [2.05, 4.69) is 4.99 Å². The molecular weight excluding hydrogens is 182 g/mol. The minimum atomic E-state index is -0.525. The molecule has 0 aliphatic carbocycles. The highest BCUT2D eigenvalue weighted by Gasteiger charge is 2.24. The van der Waals surface area contributed by atoms with Crippen molar-refractivity contribution in [1.82, 2.24) is 4.90 Å². The molecule has 2 heterocycles. The molecule has 1 fully saturated rings. The molecule has 0 bridgehead atoms. The van der Waals surface area contributed by atoms with Crippen LogP contribution < -0.4 is 5.73 Å². The van der Waals surface area contributed by atoms with E-state index in [4.69, 9.17) is 10.5 Å². The lowest BCUT2D eigenvalue weighted by molar-refractivity contribution is -0.115. The van der Waals surface area contributed by atoms with E-state index < -0.39 is 5.91 Å². The van der Waals surface area contributed by atoms with Gasteiger partial charge in [-0.25, -0.2) is 4.99 Å². The van der Waals surface area contributed by atoms with Crippen LogP contribution in [0.2, 0.25) is 0 Å². The van der Waals surface area contributed by atoms with Crippen LogP contribution in [0.4, 0.5) is 0 Å². The van der Waals surface area contributed by atoms with Crippen molar-refractivity contribution in [3.8, 4) is 0 Å². The summed E-state index contributed by atoms with van der Waals surface area (Å²) in [5.74, 6) is 0.0281. The van der Waals surface area contributed by atoms with Crippen molar-refractivity contribution in [2.24, 2.45) is 10.7 Å². The average Bonchev–Trinajstić information content (AvgIpc) is 2.41. The molecule has 0 aromatic rings. The number of ether oxygens (including phenoxy) is 1. The normalized spacial score (nSPS) is 21.3. The van der Waals surface area contributed by atoms with Crippen molar-refractivity contribution in [2.45, 2.75) is 12.8 Å². The third-order valence-electron chi connectivity index (χ3n) is 2.31. The Kier molecular flexibility index (Phi) is 2.39. The third-order valence-corrected chi connectivity index (χ3v) is 2.31. The van der Waals surface area contributed by atoms with E-state index in [0.717, 1.165) is 19.4 Å². The average molecular weight is 195 g/mol. The Morgan fingerprint density at radius 1 is 1.57 bits per heavy atom. The zero-order chi connectivity index (χ0) is 9.97. The van der Waals surface area contributed by atoms with Gasteiger partial charge < -0.3 is 15.4 Å². The van der Waals surface area contributed by atoms with Crippen molar-refractivity contribution < 1.29 is 9.53 Å². The summed E-state index contributed by atoms with van der Waals surface area (Å²) in [4.78, 5) is 17.0. The number of carbonyl (C=O) groups is 1. The Morgan fingerprint density at radius 2 is 2.43 bits per heavy atom. The SMILES string of the molecule is NC(=O)C1=C2OCCCCN2CC=N1. The summed E-state index contributed by atoms with van der Waals surface area (Å²) in [6, 6.07) is 0. The van der Waals surface area contributed by atoms with Crippen LogP contribution in [0.3, 0.4) is 0 Å². The summed E-state index contributed by atoms with van der Waals surface area (Å²) in [6.07, 6.45) is 3.77. The van der Waals surface area contributed by atoms with E-state index in [1.54, 1.807) is 6.21 Å². The van der Waals surface area contributed by atoms with Gasteiger partial charge in [0.1, 0.15) is 0 Å². The molecule has 14 heavy (non-hydrogen) atoms. The van der Waals surface area contributed by atoms with E-state index in [-0.39, 0.29) is 5.70 Å². The van der Waals surface area contributed by atoms with Gasteiger partial charge in [0.05, 0.1) is 13.2 Å². The Hall–Kier alpha value is -1.52. The van der Waals surface area contributed by atoms with Gasteiger partial charge in [0.15, 0.2) is 5.70 Å². The fourth-order valence-corrected chi connectivity index (χ4v) is 1.61. The number of nitrogens with zero attached hydrogens (tertiary/aromatic N) is 2. The Bertz CT molecular complexity index is 309. The zero-order valence-corrected chi connectivity index (χ0v) is 7.90. The monoisotopic (exact) mass is 195 g/mol. The molecule has 2 aliphatic rings. The van der Waals surface area contributed by atoms with Crippen LogP contribution in [-0.2, 0) is 9.53 Å². The maximum atomic E-state index is 11.1. The lowest BCUT2D eigenvalue weighted by atomic mass is 10.3. The van der Waals surface area contributed by atoms with Crippen LogP contribution in [0.1, 0.15) is 12.8 Å². The summed E-state index contributed by atoms with van der Waals surface area (Å²) in [5, 5.41) is 0. The highest BCUT2D eigenvalue weighted by Crippen LogP contribution is 2.20. The minimum Gasteiger partial charge on any atom is -0.477 e. The van der Waals surface area contributed by atoms with Gasteiger partial charge in [0.2, 0.25) is 5.88 Å². The van der Waals surface area contributed by atoms with E-state index in [0.29, 0.717) is 19.0 Å². The van der Waals surface area contributed by atoms with Gasteiger partial charge in [-0.15, -0.1) is 0 Å². The molecule has 5 nitrogen and oxygen atoms in total. The van der Waals surface area contributed by atoms with Gasteiger partial charge >= 0.3 is 0 Å². The third kappa shape index (κ3) is 1.57. The van der Waals surface area contributed by atoms with Gasteiger partial charge in [-0.2, -0.15) is 0 Å².